The van der Waals surface area contributed by atoms with Crippen LogP contribution in [0.4, 0.5) is 10.8 Å². The summed E-state index contributed by atoms with van der Waals surface area (Å²) in [6, 6.07) is 0. The van der Waals surface area contributed by atoms with E-state index in [0.717, 1.165) is 13.1 Å². The van der Waals surface area contributed by atoms with Gasteiger partial charge in [0, 0.05) is 13.1 Å². The van der Waals surface area contributed by atoms with Gasteiger partial charge in [0.05, 0.1) is 10.8 Å². The third-order valence-electron chi connectivity index (χ3n) is 1.41. The van der Waals surface area contributed by atoms with Crippen LogP contribution in [0.15, 0.2) is 11.6 Å². The molecular weight excluding hydrogens is 162 g/mol. The van der Waals surface area contributed by atoms with Crippen molar-refractivity contribution in [2.75, 3.05) is 23.7 Å². The van der Waals surface area contributed by atoms with Crippen molar-refractivity contribution in [1.82, 2.24) is 0 Å². The molecule has 52 valence electrons. The molecule has 2 rings (SSSR count). The molecule has 0 amide bonds. The van der Waals surface area contributed by atoms with Crippen LogP contribution in [0, 0.1) is 0 Å². The molecule has 1 aliphatic rings. The lowest BCUT2D eigenvalue weighted by atomic mass is 10.5. The van der Waals surface area contributed by atoms with Crippen LogP contribution in [-0.4, -0.2) is 13.1 Å². The van der Waals surface area contributed by atoms with E-state index in [-0.39, 0.29) is 0 Å². The Morgan fingerprint density at radius 3 is 2.00 bits per heavy atom. The summed E-state index contributed by atoms with van der Waals surface area (Å²) in [5.74, 6) is 4.36. The monoisotopic (exact) mass is 170 g/mol. The van der Waals surface area contributed by atoms with Crippen molar-refractivity contribution >= 4 is 27.2 Å². The molecule has 1 aromatic rings. The third kappa shape index (κ3) is 1.10. The predicted octanol–water partition coefficient (Wildman–Crippen LogP) is 2.68. The van der Waals surface area contributed by atoms with Gasteiger partial charge in [-0.3, -0.25) is 0 Å². The lowest BCUT2D eigenvalue weighted by molar-refractivity contribution is 1.06. The summed E-state index contributed by atoms with van der Waals surface area (Å²) in [5, 5.41) is 6.74. The van der Waals surface area contributed by atoms with Crippen LogP contribution >= 0.6 is 16.4 Å². The molecule has 2 heterocycles. The molecule has 4 heteroatoms. The number of rotatable bonds is 0. The summed E-state index contributed by atoms with van der Waals surface area (Å²) in [4.78, 5) is 0. The highest BCUT2D eigenvalue weighted by atomic mass is 31.0. The quantitative estimate of drug-likeness (QED) is 0.625. The number of hydrogen-bond acceptors (Lipinski definition) is 2. The summed E-state index contributed by atoms with van der Waals surface area (Å²) in [7, 11) is 2.62. The molecule has 0 radical (unpaired) electrons. The minimum absolute atomic E-state index is 1.06. The average molecular weight is 170 g/mol. The molecule has 2 nitrogen and oxygen atoms in total. The van der Waals surface area contributed by atoms with E-state index in [1.54, 1.807) is 0 Å². The highest BCUT2D eigenvalue weighted by molar-refractivity contribution is 7.42. The molecule has 0 bridgehead atoms. The van der Waals surface area contributed by atoms with Crippen LogP contribution in [0.5, 0.6) is 0 Å². The molecule has 0 spiro atoms. The fourth-order valence-corrected chi connectivity index (χ4v) is 2.95. The standard InChI is InChI=1S/C6H8N2P2/c1-2-8-6-5(7-1)9-3-4-10-6/h3-4,7-8H,1-2H2. The second kappa shape index (κ2) is 2.74. The second-order valence-electron chi connectivity index (χ2n) is 2.11. The summed E-state index contributed by atoms with van der Waals surface area (Å²) >= 11 is 0. The van der Waals surface area contributed by atoms with E-state index in [4.69, 9.17) is 0 Å². The van der Waals surface area contributed by atoms with Gasteiger partial charge in [0.2, 0.25) is 0 Å². The predicted molar refractivity (Wildman–Crippen MR) is 48.4 cm³/mol. The fourth-order valence-electron chi connectivity index (χ4n) is 0.959. The molecule has 0 saturated carbocycles. The Kier molecular flexibility index (Phi) is 1.75. The smallest absolute Gasteiger partial charge is 0.0899 e. The second-order valence-corrected chi connectivity index (χ2v) is 4.11. The van der Waals surface area contributed by atoms with Gasteiger partial charge in [-0.1, -0.05) is 0 Å². The first-order chi connectivity index (χ1) is 4.97. The van der Waals surface area contributed by atoms with Crippen molar-refractivity contribution in [3.63, 3.8) is 0 Å². The number of nitrogens with one attached hydrogen (secondary N) is 2. The Morgan fingerprint density at radius 2 is 1.50 bits per heavy atom. The van der Waals surface area contributed by atoms with Gasteiger partial charge in [-0.2, -0.15) is 0 Å². The molecule has 0 aliphatic carbocycles. The SMILES string of the molecule is c1cpc2c(p1)NCCN2. The topological polar surface area (TPSA) is 24.1 Å². The van der Waals surface area contributed by atoms with Gasteiger partial charge in [0.1, 0.15) is 0 Å². The van der Waals surface area contributed by atoms with E-state index in [1.165, 1.54) is 27.2 Å². The van der Waals surface area contributed by atoms with E-state index in [9.17, 15) is 0 Å². The Morgan fingerprint density at radius 1 is 1.00 bits per heavy atom. The maximum atomic E-state index is 3.37. The summed E-state index contributed by atoms with van der Waals surface area (Å²) in [5.41, 5.74) is 2.71. The third-order valence-corrected chi connectivity index (χ3v) is 3.70. The van der Waals surface area contributed by atoms with Gasteiger partial charge in [-0.15, -0.1) is 0 Å². The van der Waals surface area contributed by atoms with E-state index in [2.05, 4.69) is 22.2 Å². The van der Waals surface area contributed by atoms with Gasteiger partial charge in [-0.05, 0) is 28.0 Å². The van der Waals surface area contributed by atoms with Crippen molar-refractivity contribution < 1.29 is 0 Å². The van der Waals surface area contributed by atoms with Crippen LogP contribution in [0.1, 0.15) is 0 Å². The molecule has 10 heavy (non-hydrogen) atoms. The lowest BCUT2D eigenvalue weighted by Crippen LogP contribution is -2.18. The van der Waals surface area contributed by atoms with Gasteiger partial charge < -0.3 is 10.6 Å². The zero-order valence-corrected chi connectivity index (χ0v) is 7.25. The Bertz CT molecular complexity index is 214. The first-order valence-electron chi connectivity index (χ1n) is 3.25. The number of fused-ring (bicyclic) bond motifs is 1. The summed E-state index contributed by atoms with van der Waals surface area (Å²) in [6.45, 7) is 2.13. The first kappa shape index (κ1) is 6.39. The van der Waals surface area contributed by atoms with Crippen molar-refractivity contribution in [3.8, 4) is 0 Å². The van der Waals surface area contributed by atoms with Crippen LogP contribution in [0.25, 0.3) is 0 Å². The Labute approximate surface area is 63.3 Å². The summed E-state index contributed by atoms with van der Waals surface area (Å²) in [6.07, 6.45) is 0. The Balaban J connectivity index is 2.41. The highest BCUT2D eigenvalue weighted by Gasteiger charge is 2.04. The zero-order chi connectivity index (χ0) is 6.81. The first-order valence-corrected chi connectivity index (χ1v) is 5.18. The molecule has 1 aromatic heterocycles. The highest BCUT2D eigenvalue weighted by Crippen LogP contribution is 2.37. The van der Waals surface area contributed by atoms with Crippen molar-refractivity contribution in [2.24, 2.45) is 0 Å². The van der Waals surface area contributed by atoms with Crippen molar-refractivity contribution in [2.45, 2.75) is 0 Å². The molecule has 0 fully saturated rings. The molecular formula is C6H8N2P2. The van der Waals surface area contributed by atoms with E-state index >= 15 is 0 Å². The van der Waals surface area contributed by atoms with Gasteiger partial charge in [-0.25, -0.2) is 0 Å². The van der Waals surface area contributed by atoms with Crippen molar-refractivity contribution in [3.05, 3.63) is 11.6 Å². The molecule has 0 aromatic carbocycles. The molecule has 0 saturated heterocycles. The lowest BCUT2D eigenvalue weighted by Gasteiger charge is -2.17. The van der Waals surface area contributed by atoms with Gasteiger partial charge in [0.25, 0.3) is 0 Å². The maximum Gasteiger partial charge on any atom is 0.0899 e. The molecule has 2 N–H and O–H groups in total. The Hall–Kier alpha value is -0.320. The zero-order valence-electron chi connectivity index (χ0n) is 5.46. The van der Waals surface area contributed by atoms with Gasteiger partial charge >= 0.3 is 0 Å². The van der Waals surface area contributed by atoms with E-state index in [0.29, 0.717) is 0 Å². The average Bonchev–Trinajstić information content (AvgIpc) is 2.05. The maximum absolute atomic E-state index is 3.37. The minimum Gasteiger partial charge on any atom is -0.378 e. The molecule has 0 unspecified atom stereocenters. The van der Waals surface area contributed by atoms with E-state index < -0.39 is 0 Å². The largest absolute Gasteiger partial charge is 0.378 e. The fraction of sp³-hybridized carbons (Fsp3) is 0.333. The van der Waals surface area contributed by atoms with Crippen LogP contribution in [0.3, 0.4) is 0 Å². The van der Waals surface area contributed by atoms with Crippen LogP contribution < -0.4 is 10.6 Å². The normalized spacial score (nSPS) is 16.4. The molecule has 1 aliphatic heterocycles. The van der Waals surface area contributed by atoms with E-state index in [1.807, 2.05) is 0 Å². The molecule has 0 atom stereocenters. The van der Waals surface area contributed by atoms with Crippen LogP contribution in [0.2, 0.25) is 0 Å². The summed E-state index contributed by atoms with van der Waals surface area (Å²) < 4.78 is 0. The van der Waals surface area contributed by atoms with Gasteiger partial charge in [0.15, 0.2) is 0 Å². The minimum atomic E-state index is 1.06. The van der Waals surface area contributed by atoms with Crippen LogP contribution in [-0.2, 0) is 0 Å². The number of anilines is 2. The number of hydrogen-bond donors (Lipinski definition) is 2. The van der Waals surface area contributed by atoms with Crippen molar-refractivity contribution in [1.29, 1.82) is 0 Å².